The molecule has 60 valence electrons. The Kier molecular flexibility index (Phi) is 1.91. The third kappa shape index (κ3) is 1.12. The second-order valence-corrected chi connectivity index (χ2v) is 2.72. The van der Waals surface area contributed by atoms with Gasteiger partial charge in [0.25, 0.3) is 0 Å². The smallest absolute Gasteiger partial charge is 0.183 e. The number of likely N-dealkylation sites (N-methyl/N-ethyl adjacent to an activating group) is 1. The van der Waals surface area contributed by atoms with Crippen LogP contribution in [0.15, 0.2) is 12.2 Å². The van der Waals surface area contributed by atoms with E-state index in [9.17, 15) is 9.59 Å². The first-order chi connectivity index (χ1) is 5.11. The molecule has 1 aliphatic carbocycles. The Hall–Kier alpha value is -0.960. The molecule has 0 unspecified atom stereocenters. The molecular formula is C8H11NO2. The molecule has 0 saturated carbocycles. The number of carbonyl (C=O) groups excluding carboxylic acids is 2. The summed E-state index contributed by atoms with van der Waals surface area (Å²) >= 11 is 0. The standard InChI is InChI=1S/C8H11NO2/c1-3-9-8(2)6(10)4-5-7(8)11/h4-5,9H,3H2,1-2H3. The minimum Gasteiger partial charge on any atom is -0.299 e. The number of hydrogen-bond acceptors (Lipinski definition) is 3. The predicted octanol–water partition coefficient (Wildman–Crippen LogP) is 0.0626. The molecule has 0 spiro atoms. The number of hydrogen-bond donors (Lipinski definition) is 1. The van der Waals surface area contributed by atoms with Crippen LogP contribution in [0.5, 0.6) is 0 Å². The van der Waals surface area contributed by atoms with E-state index < -0.39 is 5.54 Å². The van der Waals surface area contributed by atoms with Crippen LogP contribution in [0.25, 0.3) is 0 Å². The summed E-state index contributed by atoms with van der Waals surface area (Å²) in [6, 6.07) is 0. The molecule has 0 bridgehead atoms. The fourth-order valence-corrected chi connectivity index (χ4v) is 1.13. The number of rotatable bonds is 2. The normalized spacial score (nSPS) is 21.3. The van der Waals surface area contributed by atoms with Crippen molar-refractivity contribution in [2.75, 3.05) is 6.54 Å². The van der Waals surface area contributed by atoms with Crippen molar-refractivity contribution in [2.45, 2.75) is 19.4 Å². The van der Waals surface area contributed by atoms with Crippen molar-refractivity contribution in [1.29, 1.82) is 0 Å². The lowest BCUT2D eigenvalue weighted by atomic mass is 9.97. The first-order valence-electron chi connectivity index (χ1n) is 3.63. The third-order valence-corrected chi connectivity index (χ3v) is 1.90. The maximum absolute atomic E-state index is 11.1. The summed E-state index contributed by atoms with van der Waals surface area (Å²) in [6.07, 6.45) is 2.65. The highest BCUT2D eigenvalue weighted by Crippen LogP contribution is 2.15. The van der Waals surface area contributed by atoms with Gasteiger partial charge < -0.3 is 0 Å². The van der Waals surface area contributed by atoms with Crippen LogP contribution in [0.3, 0.4) is 0 Å². The van der Waals surface area contributed by atoms with Gasteiger partial charge in [0.2, 0.25) is 0 Å². The highest BCUT2D eigenvalue weighted by atomic mass is 16.2. The summed E-state index contributed by atoms with van der Waals surface area (Å²) in [5, 5.41) is 2.86. The maximum atomic E-state index is 11.1. The van der Waals surface area contributed by atoms with Gasteiger partial charge in [-0.05, 0) is 25.6 Å². The van der Waals surface area contributed by atoms with Crippen molar-refractivity contribution in [2.24, 2.45) is 0 Å². The SMILES string of the molecule is CCNC1(C)C(=O)C=CC1=O. The summed E-state index contributed by atoms with van der Waals surface area (Å²) in [4.78, 5) is 22.3. The van der Waals surface area contributed by atoms with Gasteiger partial charge in [-0.15, -0.1) is 0 Å². The van der Waals surface area contributed by atoms with Gasteiger partial charge in [-0.1, -0.05) is 6.92 Å². The molecule has 0 aromatic carbocycles. The van der Waals surface area contributed by atoms with Crippen LogP contribution in [-0.2, 0) is 9.59 Å². The minimum atomic E-state index is -0.977. The van der Waals surface area contributed by atoms with Gasteiger partial charge in [-0.3, -0.25) is 14.9 Å². The average molecular weight is 153 g/mol. The van der Waals surface area contributed by atoms with Crippen LogP contribution in [0.4, 0.5) is 0 Å². The zero-order valence-corrected chi connectivity index (χ0v) is 6.68. The molecule has 1 rings (SSSR count). The second-order valence-electron chi connectivity index (χ2n) is 2.72. The highest BCUT2D eigenvalue weighted by molar-refractivity contribution is 6.25. The van der Waals surface area contributed by atoms with E-state index in [1.807, 2.05) is 6.92 Å². The quantitative estimate of drug-likeness (QED) is 0.571. The van der Waals surface area contributed by atoms with Crippen LogP contribution in [-0.4, -0.2) is 23.7 Å². The van der Waals surface area contributed by atoms with Crippen LogP contribution < -0.4 is 5.32 Å². The lowest BCUT2D eigenvalue weighted by molar-refractivity contribution is -0.128. The Bertz CT molecular complexity index is 212. The molecule has 0 amide bonds. The summed E-state index contributed by atoms with van der Waals surface area (Å²) in [5.41, 5.74) is -0.977. The Labute approximate surface area is 65.5 Å². The lowest BCUT2D eigenvalue weighted by Gasteiger charge is -2.20. The molecule has 0 saturated heterocycles. The largest absolute Gasteiger partial charge is 0.299 e. The van der Waals surface area contributed by atoms with Crippen LogP contribution >= 0.6 is 0 Å². The molecule has 3 heteroatoms. The van der Waals surface area contributed by atoms with Gasteiger partial charge in [0.1, 0.15) is 5.54 Å². The molecule has 0 fully saturated rings. The van der Waals surface area contributed by atoms with Crippen molar-refractivity contribution in [1.82, 2.24) is 5.32 Å². The Morgan fingerprint density at radius 3 is 2.18 bits per heavy atom. The highest BCUT2D eigenvalue weighted by Gasteiger charge is 2.40. The van der Waals surface area contributed by atoms with E-state index in [2.05, 4.69) is 5.32 Å². The number of carbonyl (C=O) groups is 2. The molecule has 0 radical (unpaired) electrons. The summed E-state index contributed by atoms with van der Waals surface area (Å²) < 4.78 is 0. The third-order valence-electron chi connectivity index (χ3n) is 1.90. The van der Waals surface area contributed by atoms with Crippen molar-refractivity contribution >= 4 is 11.6 Å². The van der Waals surface area contributed by atoms with Gasteiger partial charge in [-0.25, -0.2) is 0 Å². The minimum absolute atomic E-state index is 0.149. The van der Waals surface area contributed by atoms with Crippen LogP contribution in [0, 0.1) is 0 Å². The Morgan fingerprint density at radius 2 is 1.82 bits per heavy atom. The Balaban J connectivity index is 2.85. The second kappa shape index (κ2) is 2.58. The van der Waals surface area contributed by atoms with Crippen LogP contribution in [0.2, 0.25) is 0 Å². The van der Waals surface area contributed by atoms with E-state index in [1.54, 1.807) is 6.92 Å². The van der Waals surface area contributed by atoms with E-state index in [0.717, 1.165) is 0 Å². The fourth-order valence-electron chi connectivity index (χ4n) is 1.13. The topological polar surface area (TPSA) is 46.2 Å². The average Bonchev–Trinajstić information content (AvgIpc) is 2.19. The lowest BCUT2D eigenvalue weighted by Crippen LogP contribution is -2.51. The van der Waals surface area contributed by atoms with E-state index in [1.165, 1.54) is 12.2 Å². The molecule has 0 aliphatic heterocycles. The van der Waals surface area contributed by atoms with Gasteiger partial charge in [-0.2, -0.15) is 0 Å². The molecule has 0 heterocycles. The molecule has 0 aromatic rings. The van der Waals surface area contributed by atoms with E-state index in [-0.39, 0.29) is 11.6 Å². The van der Waals surface area contributed by atoms with Crippen molar-refractivity contribution in [3.63, 3.8) is 0 Å². The molecule has 0 atom stereocenters. The predicted molar refractivity (Wildman–Crippen MR) is 41.2 cm³/mol. The molecule has 0 aromatic heterocycles. The number of nitrogens with one attached hydrogen (secondary N) is 1. The van der Waals surface area contributed by atoms with E-state index in [4.69, 9.17) is 0 Å². The molecule has 1 aliphatic rings. The molecule has 3 nitrogen and oxygen atoms in total. The van der Waals surface area contributed by atoms with Gasteiger partial charge in [0, 0.05) is 0 Å². The van der Waals surface area contributed by atoms with Gasteiger partial charge in [0.15, 0.2) is 11.6 Å². The monoisotopic (exact) mass is 153 g/mol. The van der Waals surface area contributed by atoms with Crippen LogP contribution in [0.1, 0.15) is 13.8 Å². The van der Waals surface area contributed by atoms with Crippen molar-refractivity contribution < 1.29 is 9.59 Å². The van der Waals surface area contributed by atoms with Crippen molar-refractivity contribution in [3.05, 3.63) is 12.2 Å². The van der Waals surface area contributed by atoms with E-state index in [0.29, 0.717) is 6.54 Å². The molecule has 1 N–H and O–H groups in total. The first kappa shape index (κ1) is 8.14. The fraction of sp³-hybridized carbons (Fsp3) is 0.500. The van der Waals surface area contributed by atoms with Gasteiger partial charge >= 0.3 is 0 Å². The first-order valence-corrected chi connectivity index (χ1v) is 3.63. The Morgan fingerprint density at radius 1 is 1.36 bits per heavy atom. The summed E-state index contributed by atoms with van der Waals surface area (Å²) in [5.74, 6) is -0.297. The zero-order chi connectivity index (χ0) is 8.48. The summed E-state index contributed by atoms with van der Waals surface area (Å²) in [6.45, 7) is 4.10. The molecular weight excluding hydrogens is 142 g/mol. The maximum Gasteiger partial charge on any atom is 0.183 e. The molecule has 11 heavy (non-hydrogen) atoms. The number of ketones is 2. The van der Waals surface area contributed by atoms with E-state index >= 15 is 0 Å². The van der Waals surface area contributed by atoms with Crippen molar-refractivity contribution in [3.8, 4) is 0 Å². The zero-order valence-electron chi connectivity index (χ0n) is 6.68. The van der Waals surface area contributed by atoms with Gasteiger partial charge in [0.05, 0.1) is 0 Å². The summed E-state index contributed by atoms with van der Waals surface area (Å²) in [7, 11) is 0.